The Balaban J connectivity index is 1.14. The Morgan fingerprint density at radius 1 is 0.911 bits per heavy atom. The Morgan fingerprint density at radius 3 is 2.47 bits per heavy atom. The first kappa shape index (κ1) is 30.1. The van der Waals surface area contributed by atoms with Crippen LogP contribution in [0.2, 0.25) is 0 Å². The summed E-state index contributed by atoms with van der Waals surface area (Å²) < 4.78 is 32.7. The number of ether oxygens (including phenoxy) is 1. The Kier molecular flexibility index (Phi) is 6.92. The van der Waals surface area contributed by atoms with Gasteiger partial charge in [-0.05, 0) is 42.0 Å². The molecule has 0 amide bonds. The van der Waals surface area contributed by atoms with Gasteiger partial charge in [-0.1, -0.05) is 0 Å². The van der Waals surface area contributed by atoms with Gasteiger partial charge in [0.1, 0.15) is 47.9 Å². The van der Waals surface area contributed by atoms with E-state index in [1.54, 1.807) is 10.6 Å². The summed E-state index contributed by atoms with van der Waals surface area (Å²) in [6.07, 6.45) is -1.13. The van der Waals surface area contributed by atoms with Gasteiger partial charge in [-0.25, -0.2) is 24.9 Å². The zero-order valence-electron chi connectivity index (χ0n) is 23.0. The van der Waals surface area contributed by atoms with Crippen LogP contribution in [0.3, 0.4) is 0 Å². The van der Waals surface area contributed by atoms with E-state index in [1.807, 2.05) is 0 Å². The largest absolute Gasteiger partial charge is 0.397 e. The van der Waals surface area contributed by atoms with Gasteiger partial charge in [-0.3, -0.25) is 9.09 Å². The molecule has 2 unspecified atom stereocenters. The fourth-order valence-corrected chi connectivity index (χ4v) is 9.75. The lowest BCUT2D eigenvalue weighted by Crippen LogP contribution is -2.38. The van der Waals surface area contributed by atoms with E-state index in [9.17, 15) is 20.0 Å². The molecule has 2 aliphatic heterocycles. The normalized spacial score (nSPS) is 41.7. The number of aliphatic hydroxyl groups is 2. The van der Waals surface area contributed by atoms with Crippen LogP contribution in [0.5, 0.6) is 0 Å². The molecule has 4 fully saturated rings. The summed E-state index contributed by atoms with van der Waals surface area (Å²) >= 11 is 10.8. The molecule has 2 bridgehead atoms. The van der Waals surface area contributed by atoms with Gasteiger partial charge in [0.05, 0.1) is 37.6 Å². The lowest BCUT2D eigenvalue weighted by Gasteiger charge is -2.32. The quantitative estimate of drug-likeness (QED) is 0.149. The van der Waals surface area contributed by atoms with Crippen molar-refractivity contribution in [2.75, 3.05) is 24.7 Å². The average Bonchev–Trinajstić information content (AvgIpc) is 3.28. The summed E-state index contributed by atoms with van der Waals surface area (Å²) in [5, 5.41) is 22.9. The number of imidazole rings is 2. The van der Waals surface area contributed by atoms with Crippen LogP contribution in [-0.4, -0.2) is 97.8 Å². The lowest BCUT2D eigenvalue weighted by molar-refractivity contribution is -0.0592. The molecular formula is C23H27N9O9P2S2. The Labute approximate surface area is 263 Å². The van der Waals surface area contributed by atoms with Crippen molar-refractivity contribution in [3.05, 3.63) is 31.2 Å². The zero-order valence-corrected chi connectivity index (χ0v) is 26.4. The molecule has 0 aromatic carbocycles. The van der Waals surface area contributed by atoms with E-state index in [4.69, 9.17) is 57.9 Å². The maximum absolute atomic E-state index is 11.6. The maximum Gasteiger partial charge on any atom is 0.325 e. The van der Waals surface area contributed by atoms with Crippen LogP contribution in [0.4, 0.5) is 11.5 Å². The summed E-state index contributed by atoms with van der Waals surface area (Å²) in [6.45, 7) is -8.80. The van der Waals surface area contributed by atoms with Crippen molar-refractivity contribution >= 4 is 70.9 Å². The van der Waals surface area contributed by atoms with Gasteiger partial charge in [0.15, 0.2) is 23.3 Å². The summed E-state index contributed by atoms with van der Waals surface area (Å²) in [6, 6.07) is 0.946. The average molecular weight is 700 g/mol. The number of fused-ring (bicyclic) bond motifs is 4. The number of hydrogen-bond acceptors (Lipinski definition) is 16. The van der Waals surface area contributed by atoms with Gasteiger partial charge in [0.2, 0.25) is 0 Å². The molecule has 22 heteroatoms. The molecule has 240 valence electrons. The Bertz CT molecular complexity index is 1930. The second-order valence-electron chi connectivity index (χ2n) is 11.5. The van der Waals surface area contributed by atoms with Crippen molar-refractivity contribution in [3.63, 3.8) is 0 Å². The third kappa shape index (κ3) is 4.75. The molecule has 2 saturated carbocycles. The molecule has 4 aliphatic rings. The lowest BCUT2D eigenvalue weighted by atomic mass is 10.0. The molecule has 6 heterocycles. The second kappa shape index (κ2) is 10.4. The van der Waals surface area contributed by atoms with Crippen molar-refractivity contribution in [2.24, 2.45) is 11.3 Å². The number of aromatic nitrogens is 7. The third-order valence-electron chi connectivity index (χ3n) is 9.00. The molecule has 45 heavy (non-hydrogen) atoms. The van der Waals surface area contributed by atoms with Crippen LogP contribution in [0.1, 0.15) is 18.7 Å². The number of rotatable bonds is 2. The molecule has 8 rings (SSSR count). The van der Waals surface area contributed by atoms with Gasteiger partial charge >= 0.3 is 13.4 Å². The molecule has 2 aliphatic carbocycles. The minimum atomic E-state index is -4.09. The summed E-state index contributed by atoms with van der Waals surface area (Å²) in [5.41, 5.74) is 12.9. The Morgan fingerprint density at radius 2 is 1.64 bits per heavy atom. The topological polar surface area (TPSA) is 253 Å². The number of pyridine rings is 1. The van der Waals surface area contributed by atoms with Crippen LogP contribution in [-0.2, 0) is 46.4 Å². The molecule has 11 atom stereocenters. The van der Waals surface area contributed by atoms with E-state index in [1.165, 1.54) is 29.7 Å². The number of aliphatic hydroxyl groups excluding tert-OH is 2. The van der Waals surface area contributed by atoms with Gasteiger partial charge in [0, 0.05) is 11.6 Å². The summed E-state index contributed by atoms with van der Waals surface area (Å²) in [5.74, 6) is -0.121. The first-order valence-electron chi connectivity index (χ1n) is 13.7. The molecule has 4 aromatic heterocycles. The van der Waals surface area contributed by atoms with Crippen molar-refractivity contribution in [2.45, 2.75) is 49.2 Å². The fraction of sp³-hybridized carbons (Fsp3) is 0.522. The van der Waals surface area contributed by atoms with Gasteiger partial charge in [-0.15, -0.1) is 0 Å². The highest BCUT2D eigenvalue weighted by atomic mass is 32.5. The van der Waals surface area contributed by atoms with Crippen molar-refractivity contribution < 1.29 is 42.8 Å². The standard InChI is InChI=1S/C23H27N9O9P2S2/c24-10-1-2-26-20-12(10)29-8-32(20)22-17-15(33)11(39-22)4-37-42(35,44)41-18-16(34)14(9-3-23(9,18)5-38-43(36,45)40-17)31-7-30-13-19(25)27-6-28-21(13)31/h1-2,6-9,11,14-18,22,33-34H,3-5H2,(H2,24,26)(H,35,44)(H,36,45)(H2,25,27,28)/t9-,11-,14-,15-,16+,17-,18+,22-,23+,42?,43?/m1/s1. The third-order valence-corrected chi connectivity index (χ3v) is 12.1. The first-order valence-corrected chi connectivity index (χ1v) is 18.9. The number of nitrogens with two attached hydrogens (primary N) is 2. The number of hydrogen-bond donors (Lipinski definition) is 6. The minimum Gasteiger partial charge on any atom is -0.397 e. The maximum atomic E-state index is 11.6. The number of anilines is 2. The molecule has 4 aromatic rings. The van der Waals surface area contributed by atoms with Crippen molar-refractivity contribution in [1.29, 1.82) is 0 Å². The van der Waals surface area contributed by atoms with E-state index in [0.29, 0.717) is 34.4 Å². The van der Waals surface area contributed by atoms with Gasteiger partial charge < -0.3 is 54.3 Å². The van der Waals surface area contributed by atoms with Crippen molar-refractivity contribution in [1.82, 2.24) is 34.1 Å². The number of nitrogens with zero attached hydrogens (tertiary/aromatic N) is 7. The molecule has 0 radical (unpaired) electrons. The summed E-state index contributed by atoms with van der Waals surface area (Å²) in [4.78, 5) is 43.7. The van der Waals surface area contributed by atoms with E-state index >= 15 is 0 Å². The smallest absolute Gasteiger partial charge is 0.325 e. The summed E-state index contributed by atoms with van der Waals surface area (Å²) in [7, 11) is 0. The second-order valence-corrected chi connectivity index (χ2v) is 17.1. The van der Waals surface area contributed by atoms with Crippen molar-refractivity contribution in [3.8, 4) is 0 Å². The SMILES string of the molecule is Nc1ncnc2c1ncn2[C@H]1[C@H](O)[C@@H]2OP(O)(=S)OC[C@H]3O[C@@H](n4cnc5c(N)ccnc54)[C@H](OP(O)(=S)OC[C@]24C[C@H]14)[C@@H]3O. The van der Waals surface area contributed by atoms with Crippen LogP contribution >= 0.6 is 13.4 Å². The van der Waals surface area contributed by atoms with E-state index in [0.717, 1.165) is 0 Å². The van der Waals surface area contributed by atoms with Crippen LogP contribution in [0, 0.1) is 11.3 Å². The minimum absolute atomic E-state index is 0.177. The van der Waals surface area contributed by atoms with Crippen LogP contribution in [0.25, 0.3) is 22.3 Å². The van der Waals surface area contributed by atoms with E-state index in [-0.39, 0.29) is 18.3 Å². The molecule has 18 nitrogen and oxygen atoms in total. The number of nitrogen functional groups attached to an aromatic ring is 2. The van der Waals surface area contributed by atoms with Crippen LogP contribution in [0.15, 0.2) is 31.2 Å². The first-order chi connectivity index (χ1) is 21.4. The van der Waals surface area contributed by atoms with Crippen LogP contribution < -0.4 is 11.5 Å². The molecular weight excluding hydrogens is 672 g/mol. The zero-order chi connectivity index (χ0) is 31.5. The van der Waals surface area contributed by atoms with E-state index < -0.39 is 68.2 Å². The molecule has 2 saturated heterocycles. The highest BCUT2D eigenvalue weighted by molar-refractivity contribution is 8.07. The highest BCUT2D eigenvalue weighted by Crippen LogP contribution is 2.72. The van der Waals surface area contributed by atoms with Gasteiger partial charge in [-0.2, -0.15) is 0 Å². The highest BCUT2D eigenvalue weighted by Gasteiger charge is 2.73. The van der Waals surface area contributed by atoms with Gasteiger partial charge in [0.25, 0.3) is 0 Å². The van der Waals surface area contributed by atoms with E-state index in [2.05, 4.69) is 24.9 Å². The molecule has 1 spiro atoms. The predicted octanol–water partition coefficient (Wildman–Crippen LogP) is -0.133. The fourth-order valence-electron chi connectivity index (χ4n) is 6.82. The molecule has 8 N–H and O–H groups in total. The predicted molar refractivity (Wildman–Crippen MR) is 162 cm³/mol. The Hall–Kier alpha value is -2.29. The monoisotopic (exact) mass is 699 g/mol.